The second kappa shape index (κ2) is 5.78. The highest BCUT2D eigenvalue weighted by Crippen LogP contribution is 2.27. The van der Waals surface area contributed by atoms with E-state index < -0.39 is 0 Å². The number of nitrogens with zero attached hydrogens (tertiary/aromatic N) is 2. The van der Waals surface area contributed by atoms with Crippen molar-refractivity contribution in [3.63, 3.8) is 0 Å². The maximum Gasteiger partial charge on any atom is 0.0807 e. The molecule has 2 rings (SSSR count). The maximum atomic E-state index is 4.63. The fourth-order valence-corrected chi connectivity index (χ4v) is 2.38. The van der Waals surface area contributed by atoms with Crippen LogP contribution in [0, 0.1) is 5.92 Å². The zero-order valence-corrected chi connectivity index (χ0v) is 9.97. The van der Waals surface area contributed by atoms with E-state index in [0.717, 1.165) is 11.6 Å². The topological polar surface area (TPSA) is 25.2 Å². The summed E-state index contributed by atoms with van der Waals surface area (Å²) in [4.78, 5) is 8.88. The Morgan fingerprint density at radius 3 is 2.81 bits per heavy atom. The smallest absolute Gasteiger partial charge is 0.0807 e. The van der Waals surface area contributed by atoms with Crippen LogP contribution in [-0.2, 0) is 0 Å². The predicted molar refractivity (Wildman–Crippen MR) is 67.9 cm³/mol. The average Bonchev–Trinajstić information content (AvgIpc) is 2.38. The summed E-state index contributed by atoms with van der Waals surface area (Å²) in [5.41, 5.74) is 0.963. The molecule has 1 heterocycles. The van der Waals surface area contributed by atoms with E-state index in [1.807, 2.05) is 30.6 Å². The first-order valence-electron chi connectivity index (χ1n) is 6.30. The first kappa shape index (κ1) is 11.3. The normalized spacial score (nSPS) is 20.1. The van der Waals surface area contributed by atoms with Crippen LogP contribution in [0.25, 0.3) is 0 Å². The van der Waals surface area contributed by atoms with Gasteiger partial charge in [-0.15, -0.1) is 0 Å². The molecular formula is C14H20N2. The minimum atomic E-state index is 0.447. The fourth-order valence-electron chi connectivity index (χ4n) is 2.38. The standard InChI is InChI=1S/C14H20N2/c1-12(13-7-3-2-4-8-13)16-11-14-9-5-6-10-15-14/h5-6,9-13H,2-4,7-8H2,1H3/t12-/m0/s1. The van der Waals surface area contributed by atoms with Crippen molar-refractivity contribution in [1.82, 2.24) is 4.98 Å². The highest BCUT2D eigenvalue weighted by atomic mass is 14.8. The molecule has 16 heavy (non-hydrogen) atoms. The van der Waals surface area contributed by atoms with Gasteiger partial charge in [0.25, 0.3) is 0 Å². The molecule has 2 nitrogen and oxygen atoms in total. The van der Waals surface area contributed by atoms with Crippen molar-refractivity contribution in [3.05, 3.63) is 30.1 Å². The van der Waals surface area contributed by atoms with Crippen LogP contribution >= 0.6 is 0 Å². The first-order chi connectivity index (χ1) is 7.86. The van der Waals surface area contributed by atoms with Gasteiger partial charge in [0.15, 0.2) is 0 Å². The van der Waals surface area contributed by atoms with Gasteiger partial charge in [-0.2, -0.15) is 0 Å². The monoisotopic (exact) mass is 216 g/mol. The highest BCUT2D eigenvalue weighted by molar-refractivity contribution is 5.76. The molecule has 1 aliphatic rings. The Kier molecular flexibility index (Phi) is 4.09. The van der Waals surface area contributed by atoms with E-state index in [1.54, 1.807) is 0 Å². The van der Waals surface area contributed by atoms with Crippen LogP contribution in [-0.4, -0.2) is 17.2 Å². The van der Waals surface area contributed by atoms with Crippen molar-refractivity contribution in [2.45, 2.75) is 45.1 Å². The third-order valence-corrected chi connectivity index (χ3v) is 3.46. The van der Waals surface area contributed by atoms with Gasteiger partial charge < -0.3 is 0 Å². The van der Waals surface area contributed by atoms with E-state index in [9.17, 15) is 0 Å². The Morgan fingerprint density at radius 2 is 2.12 bits per heavy atom. The second-order valence-corrected chi connectivity index (χ2v) is 4.67. The lowest BCUT2D eigenvalue weighted by Gasteiger charge is -2.24. The molecule has 0 bridgehead atoms. The molecule has 0 amide bonds. The van der Waals surface area contributed by atoms with E-state index in [-0.39, 0.29) is 0 Å². The van der Waals surface area contributed by atoms with Crippen molar-refractivity contribution in [2.75, 3.05) is 0 Å². The van der Waals surface area contributed by atoms with E-state index in [0.29, 0.717) is 6.04 Å². The SMILES string of the molecule is C[C@H](N=Cc1ccccn1)C1CCCCC1. The van der Waals surface area contributed by atoms with Crippen molar-refractivity contribution >= 4 is 6.21 Å². The zero-order chi connectivity index (χ0) is 11.2. The quantitative estimate of drug-likeness (QED) is 0.710. The molecule has 1 aromatic heterocycles. The average molecular weight is 216 g/mol. The highest BCUT2D eigenvalue weighted by Gasteiger charge is 2.18. The minimum absolute atomic E-state index is 0.447. The summed E-state index contributed by atoms with van der Waals surface area (Å²) in [5.74, 6) is 0.786. The third kappa shape index (κ3) is 3.16. The first-order valence-corrected chi connectivity index (χ1v) is 6.30. The number of rotatable bonds is 3. The minimum Gasteiger partial charge on any atom is -0.288 e. The molecule has 0 saturated heterocycles. The molecule has 0 aliphatic heterocycles. The molecule has 2 heteroatoms. The van der Waals surface area contributed by atoms with Crippen LogP contribution in [0.15, 0.2) is 29.4 Å². The van der Waals surface area contributed by atoms with Gasteiger partial charge in [0.2, 0.25) is 0 Å². The van der Waals surface area contributed by atoms with Crippen LogP contribution in [0.5, 0.6) is 0 Å². The number of aromatic nitrogens is 1. The van der Waals surface area contributed by atoms with Gasteiger partial charge in [0.05, 0.1) is 11.7 Å². The van der Waals surface area contributed by atoms with Crippen molar-refractivity contribution < 1.29 is 0 Å². The van der Waals surface area contributed by atoms with Crippen molar-refractivity contribution in [3.8, 4) is 0 Å². The Hall–Kier alpha value is -1.18. The molecular weight excluding hydrogens is 196 g/mol. The molecule has 0 unspecified atom stereocenters. The van der Waals surface area contributed by atoms with Crippen molar-refractivity contribution in [2.24, 2.45) is 10.9 Å². The lowest BCUT2D eigenvalue weighted by molar-refractivity contribution is 0.318. The van der Waals surface area contributed by atoms with E-state index in [1.165, 1.54) is 32.1 Å². The zero-order valence-electron chi connectivity index (χ0n) is 9.97. The van der Waals surface area contributed by atoms with Crippen LogP contribution in [0.4, 0.5) is 0 Å². The Labute approximate surface area is 97.8 Å². The molecule has 0 aromatic carbocycles. The number of aliphatic imine (C=N–C) groups is 1. The summed E-state index contributed by atoms with van der Waals surface area (Å²) in [7, 11) is 0. The van der Waals surface area contributed by atoms with Crippen LogP contribution in [0.1, 0.15) is 44.7 Å². The lowest BCUT2D eigenvalue weighted by Crippen LogP contribution is -2.18. The van der Waals surface area contributed by atoms with Crippen LogP contribution in [0.3, 0.4) is 0 Å². The Morgan fingerprint density at radius 1 is 1.31 bits per heavy atom. The molecule has 1 fully saturated rings. The molecule has 1 saturated carbocycles. The van der Waals surface area contributed by atoms with Crippen LogP contribution in [0.2, 0.25) is 0 Å². The summed E-state index contributed by atoms with van der Waals surface area (Å²) in [6.45, 7) is 2.23. The molecule has 0 spiro atoms. The van der Waals surface area contributed by atoms with Gasteiger partial charge in [0, 0.05) is 12.4 Å². The summed E-state index contributed by atoms with van der Waals surface area (Å²) >= 11 is 0. The van der Waals surface area contributed by atoms with Gasteiger partial charge in [0.1, 0.15) is 0 Å². The molecule has 1 aliphatic carbocycles. The summed E-state index contributed by atoms with van der Waals surface area (Å²) < 4.78 is 0. The Bertz CT molecular complexity index is 326. The van der Waals surface area contributed by atoms with E-state index in [4.69, 9.17) is 0 Å². The largest absolute Gasteiger partial charge is 0.288 e. The van der Waals surface area contributed by atoms with Gasteiger partial charge in [-0.05, 0) is 37.8 Å². The molecule has 1 aromatic rings. The molecule has 1 atom stereocenters. The van der Waals surface area contributed by atoms with Crippen LogP contribution < -0.4 is 0 Å². The third-order valence-electron chi connectivity index (χ3n) is 3.46. The van der Waals surface area contributed by atoms with Gasteiger partial charge in [-0.25, -0.2) is 0 Å². The van der Waals surface area contributed by atoms with Gasteiger partial charge in [-0.1, -0.05) is 25.3 Å². The summed E-state index contributed by atoms with van der Waals surface area (Å²) in [6, 6.07) is 6.38. The number of pyridine rings is 1. The predicted octanol–water partition coefficient (Wildman–Crippen LogP) is 3.47. The number of hydrogen-bond acceptors (Lipinski definition) is 2. The maximum absolute atomic E-state index is 4.63. The lowest BCUT2D eigenvalue weighted by atomic mass is 9.85. The van der Waals surface area contributed by atoms with E-state index in [2.05, 4.69) is 16.9 Å². The van der Waals surface area contributed by atoms with Gasteiger partial charge >= 0.3 is 0 Å². The molecule has 86 valence electrons. The Balaban J connectivity index is 1.91. The molecule has 0 radical (unpaired) electrons. The summed E-state index contributed by atoms with van der Waals surface area (Å²) in [6.07, 6.45) is 10.6. The molecule has 0 N–H and O–H groups in total. The van der Waals surface area contributed by atoms with Crippen molar-refractivity contribution in [1.29, 1.82) is 0 Å². The van der Waals surface area contributed by atoms with Gasteiger partial charge in [-0.3, -0.25) is 9.98 Å². The van der Waals surface area contributed by atoms with E-state index >= 15 is 0 Å². The number of hydrogen-bond donors (Lipinski definition) is 0. The second-order valence-electron chi connectivity index (χ2n) is 4.67. The summed E-state index contributed by atoms with van der Waals surface area (Å²) in [5, 5.41) is 0. The fraction of sp³-hybridized carbons (Fsp3) is 0.571.